The molecule has 5 heterocycles. The molecule has 0 unspecified atom stereocenters. The third-order valence-electron chi connectivity index (χ3n) is 11.2. The van der Waals surface area contributed by atoms with E-state index >= 15 is 8.78 Å². The Morgan fingerprint density at radius 1 is 1.07 bits per heavy atom. The van der Waals surface area contributed by atoms with Crippen LogP contribution in [0, 0.1) is 23.0 Å². The van der Waals surface area contributed by atoms with Crippen molar-refractivity contribution in [1.29, 1.82) is 5.26 Å². The Balaban J connectivity index is 1.34. The molecule has 58 heavy (non-hydrogen) atoms. The number of likely N-dealkylation sites (N-methyl/N-ethyl adjacent to an activating group) is 1. The standard InChI is InChI=1S/C42H50F3N7O5S/c1-9-51(30-15-18-52(23(30)2)39(54)57-41(6,7)8)35-27-12-11-26(32(45)33(27)47-37(48-35)55-22-42-16-10-17-50(42)21-24(43)19-42)25-13-14-29(44)34-31(25)28(20-46)36(58-34)49-38(53)56-40(3,4)5/h11-14,23-24,30H,9-10,15-19,21-22H2,1-8H3,(H,49,53)/t23-,24-,30-,42+/m1/s1. The molecule has 3 aliphatic rings. The molecule has 12 nitrogen and oxygen atoms in total. The van der Waals surface area contributed by atoms with Crippen LogP contribution in [0.3, 0.4) is 0 Å². The average Bonchev–Trinajstić information content (AvgIpc) is 3.88. The summed E-state index contributed by atoms with van der Waals surface area (Å²) in [6, 6.07) is 7.30. The van der Waals surface area contributed by atoms with Crippen molar-refractivity contribution < 1.29 is 37.0 Å². The number of halogens is 3. The van der Waals surface area contributed by atoms with Gasteiger partial charge in [0.15, 0.2) is 5.82 Å². The number of benzene rings is 2. The lowest BCUT2D eigenvalue weighted by Gasteiger charge is -2.35. The van der Waals surface area contributed by atoms with E-state index in [1.54, 1.807) is 37.8 Å². The van der Waals surface area contributed by atoms with Gasteiger partial charge in [-0.3, -0.25) is 10.2 Å². The van der Waals surface area contributed by atoms with Crippen LogP contribution in [0.4, 0.5) is 33.6 Å². The van der Waals surface area contributed by atoms with E-state index in [4.69, 9.17) is 19.2 Å². The van der Waals surface area contributed by atoms with Crippen LogP contribution in [0.1, 0.15) is 86.6 Å². The molecule has 4 atom stereocenters. The number of nitriles is 1. The van der Waals surface area contributed by atoms with Crippen molar-refractivity contribution in [3.05, 3.63) is 41.5 Å². The lowest BCUT2D eigenvalue weighted by atomic mass is 9.95. The third-order valence-corrected chi connectivity index (χ3v) is 12.3. The molecule has 16 heteroatoms. The van der Waals surface area contributed by atoms with Gasteiger partial charge in [0, 0.05) is 42.4 Å². The number of carbonyl (C=O) groups excluding carboxylic acids is 2. The Kier molecular flexibility index (Phi) is 10.9. The van der Waals surface area contributed by atoms with E-state index in [9.17, 15) is 19.2 Å². The largest absolute Gasteiger partial charge is 0.461 e. The van der Waals surface area contributed by atoms with Crippen molar-refractivity contribution in [1.82, 2.24) is 19.8 Å². The minimum Gasteiger partial charge on any atom is -0.461 e. The maximum Gasteiger partial charge on any atom is 0.412 e. The number of carbonyl (C=O) groups is 2. The van der Waals surface area contributed by atoms with E-state index < -0.39 is 46.7 Å². The van der Waals surface area contributed by atoms with E-state index in [1.165, 1.54) is 12.1 Å². The van der Waals surface area contributed by atoms with Crippen LogP contribution < -0.4 is 15.0 Å². The van der Waals surface area contributed by atoms with Crippen molar-refractivity contribution in [3.63, 3.8) is 0 Å². The molecule has 7 rings (SSSR count). The summed E-state index contributed by atoms with van der Waals surface area (Å²) in [6.45, 7) is 16.5. The van der Waals surface area contributed by atoms with Gasteiger partial charge in [0.1, 0.15) is 52.2 Å². The molecule has 310 valence electrons. The number of nitrogens with zero attached hydrogens (tertiary/aromatic N) is 6. The summed E-state index contributed by atoms with van der Waals surface area (Å²) < 4.78 is 65.0. The number of likely N-dealkylation sites (tertiary alicyclic amines) is 1. The number of amides is 2. The van der Waals surface area contributed by atoms with Gasteiger partial charge in [-0.05, 0) is 98.9 Å². The molecule has 0 spiro atoms. The highest BCUT2D eigenvalue weighted by Crippen LogP contribution is 2.45. The Morgan fingerprint density at radius 2 is 1.79 bits per heavy atom. The van der Waals surface area contributed by atoms with Gasteiger partial charge in [-0.1, -0.05) is 12.1 Å². The minimum absolute atomic E-state index is 0.0382. The van der Waals surface area contributed by atoms with Crippen LogP contribution in [-0.4, -0.2) is 99.7 Å². The molecular formula is C42H50F3N7O5S. The molecule has 0 aliphatic carbocycles. The SMILES string of the molecule is CCN(c1nc(OC[C@@]23CCCN2C[C@H](F)C3)nc2c(F)c(-c3ccc(F)c4sc(NC(=O)OC(C)(C)C)c(C#N)c34)ccc12)[C@@H]1CCN(C(=O)OC(C)(C)C)[C@@H]1C. The number of rotatable bonds is 8. The molecule has 3 aliphatic heterocycles. The molecule has 2 aromatic heterocycles. The molecule has 4 aromatic rings. The molecule has 3 fully saturated rings. The Labute approximate surface area is 340 Å². The molecule has 0 bridgehead atoms. The number of hydrogen-bond donors (Lipinski definition) is 1. The molecular weight excluding hydrogens is 772 g/mol. The second-order valence-corrected chi connectivity index (χ2v) is 18.4. The summed E-state index contributed by atoms with van der Waals surface area (Å²) in [5, 5.41) is 13.5. The number of aromatic nitrogens is 2. The number of anilines is 2. The van der Waals surface area contributed by atoms with E-state index in [2.05, 4.69) is 21.3 Å². The van der Waals surface area contributed by atoms with Gasteiger partial charge >= 0.3 is 18.2 Å². The predicted octanol–water partition coefficient (Wildman–Crippen LogP) is 9.19. The number of alkyl halides is 1. The van der Waals surface area contributed by atoms with Crippen LogP contribution in [0.15, 0.2) is 24.3 Å². The first-order valence-electron chi connectivity index (χ1n) is 19.8. The van der Waals surface area contributed by atoms with Crippen molar-refractivity contribution >= 4 is 55.3 Å². The molecule has 1 N–H and O–H groups in total. The van der Waals surface area contributed by atoms with E-state index in [1.807, 2.05) is 39.5 Å². The van der Waals surface area contributed by atoms with Crippen LogP contribution in [0.2, 0.25) is 0 Å². The number of fused-ring (bicyclic) bond motifs is 3. The topological polar surface area (TPSA) is 133 Å². The molecule has 0 radical (unpaired) electrons. The van der Waals surface area contributed by atoms with Crippen LogP contribution in [-0.2, 0) is 9.47 Å². The zero-order valence-corrected chi connectivity index (χ0v) is 35.0. The summed E-state index contributed by atoms with van der Waals surface area (Å²) in [5.41, 5.74) is -1.89. The average molecular weight is 822 g/mol. The molecule has 0 saturated carbocycles. The van der Waals surface area contributed by atoms with Crippen molar-refractivity contribution in [3.8, 4) is 23.2 Å². The number of thiophene rings is 1. The predicted molar refractivity (Wildman–Crippen MR) is 217 cm³/mol. The van der Waals surface area contributed by atoms with Gasteiger partial charge < -0.3 is 24.0 Å². The maximum atomic E-state index is 17.4. The van der Waals surface area contributed by atoms with Gasteiger partial charge in [-0.2, -0.15) is 15.2 Å². The Bertz CT molecular complexity index is 2300. The Hall–Kier alpha value is -4.88. The highest BCUT2D eigenvalue weighted by atomic mass is 32.1. The lowest BCUT2D eigenvalue weighted by Crippen LogP contribution is -2.47. The minimum atomic E-state index is -0.979. The fraction of sp³-hybridized carbons (Fsp3) is 0.548. The third kappa shape index (κ3) is 7.82. The van der Waals surface area contributed by atoms with Gasteiger partial charge in [0.2, 0.25) is 0 Å². The van der Waals surface area contributed by atoms with Crippen LogP contribution in [0.25, 0.3) is 32.1 Å². The maximum absolute atomic E-state index is 17.4. The number of ether oxygens (including phenoxy) is 3. The van der Waals surface area contributed by atoms with Gasteiger partial charge in [-0.25, -0.2) is 22.8 Å². The lowest BCUT2D eigenvalue weighted by molar-refractivity contribution is 0.0232. The first kappa shape index (κ1) is 41.3. The van der Waals surface area contributed by atoms with E-state index in [0.717, 1.165) is 30.7 Å². The quantitative estimate of drug-likeness (QED) is 0.184. The summed E-state index contributed by atoms with van der Waals surface area (Å²) in [4.78, 5) is 41.3. The first-order valence-corrected chi connectivity index (χ1v) is 20.6. The molecule has 2 amide bonds. The zero-order valence-electron chi connectivity index (χ0n) is 34.2. The first-order chi connectivity index (χ1) is 27.3. The Morgan fingerprint density at radius 3 is 2.48 bits per heavy atom. The van der Waals surface area contributed by atoms with Crippen molar-refractivity contribution in [2.45, 2.75) is 116 Å². The molecule has 3 saturated heterocycles. The zero-order chi connectivity index (χ0) is 41.9. The number of hydrogen-bond acceptors (Lipinski definition) is 11. The van der Waals surface area contributed by atoms with Crippen LogP contribution >= 0.6 is 11.3 Å². The summed E-state index contributed by atoms with van der Waals surface area (Å²) in [6.07, 6.45) is 0.345. The van der Waals surface area contributed by atoms with Gasteiger partial charge in [0.25, 0.3) is 0 Å². The van der Waals surface area contributed by atoms with E-state index in [-0.39, 0.29) is 62.0 Å². The number of nitrogens with one attached hydrogen (secondary N) is 1. The highest BCUT2D eigenvalue weighted by molar-refractivity contribution is 7.23. The van der Waals surface area contributed by atoms with Gasteiger partial charge in [-0.15, -0.1) is 11.3 Å². The monoisotopic (exact) mass is 821 g/mol. The van der Waals surface area contributed by atoms with Gasteiger partial charge in [0.05, 0.1) is 27.9 Å². The summed E-state index contributed by atoms with van der Waals surface area (Å²) in [7, 11) is 0. The smallest absolute Gasteiger partial charge is 0.412 e. The van der Waals surface area contributed by atoms with E-state index in [0.29, 0.717) is 43.7 Å². The molecule has 2 aromatic carbocycles. The normalized spacial score (nSPS) is 22.3. The second-order valence-electron chi connectivity index (χ2n) is 17.4. The van der Waals surface area contributed by atoms with Crippen molar-refractivity contribution in [2.75, 3.05) is 43.0 Å². The highest BCUT2D eigenvalue weighted by Gasteiger charge is 2.49. The fourth-order valence-corrected chi connectivity index (χ4v) is 9.78. The summed E-state index contributed by atoms with van der Waals surface area (Å²) in [5.74, 6) is -1.01. The van der Waals surface area contributed by atoms with Crippen LogP contribution in [0.5, 0.6) is 6.01 Å². The van der Waals surface area contributed by atoms with Crippen molar-refractivity contribution in [2.24, 2.45) is 0 Å². The second kappa shape index (κ2) is 15.4. The summed E-state index contributed by atoms with van der Waals surface area (Å²) >= 11 is 0.853. The fourth-order valence-electron chi connectivity index (χ4n) is 8.71.